The number of hydrogen-bond donors (Lipinski definition) is 0. The van der Waals surface area contributed by atoms with E-state index in [2.05, 4.69) is 4.90 Å². The highest BCUT2D eigenvalue weighted by atomic mass is 32.2. The van der Waals surface area contributed by atoms with E-state index in [0.717, 1.165) is 64.3 Å². The summed E-state index contributed by atoms with van der Waals surface area (Å²) >= 11 is 0. The number of likely N-dealkylation sites (tertiary alicyclic amines) is 1. The van der Waals surface area contributed by atoms with Gasteiger partial charge in [-0.15, -0.1) is 0 Å². The molecule has 3 aliphatic heterocycles. The summed E-state index contributed by atoms with van der Waals surface area (Å²) in [5.41, 5.74) is 0.808. The van der Waals surface area contributed by atoms with Gasteiger partial charge in [-0.3, -0.25) is 9.69 Å². The molecule has 0 aromatic heterocycles. The molecular weight excluding hydrogens is 426 g/mol. The van der Waals surface area contributed by atoms with Crippen LogP contribution in [-0.4, -0.2) is 87.5 Å². The summed E-state index contributed by atoms with van der Waals surface area (Å²) in [5, 5.41) is 0. The van der Waals surface area contributed by atoms with Gasteiger partial charge in [0.15, 0.2) is 0 Å². The van der Waals surface area contributed by atoms with Gasteiger partial charge in [0.1, 0.15) is 0 Å². The van der Waals surface area contributed by atoms with Crippen molar-refractivity contribution in [2.45, 2.75) is 37.9 Å². The van der Waals surface area contributed by atoms with E-state index in [1.54, 1.807) is 4.31 Å². The van der Waals surface area contributed by atoms with Crippen molar-refractivity contribution in [3.8, 4) is 0 Å². The van der Waals surface area contributed by atoms with Crippen molar-refractivity contribution in [1.29, 1.82) is 0 Å². The molecule has 32 heavy (non-hydrogen) atoms. The maximum Gasteiger partial charge on any atom is 0.225 e. The number of piperidine rings is 2. The zero-order valence-electron chi connectivity index (χ0n) is 19.0. The Labute approximate surface area is 192 Å². The van der Waals surface area contributed by atoms with Gasteiger partial charge in [0.05, 0.1) is 19.0 Å². The Hall–Kier alpha value is -1.48. The Morgan fingerprint density at radius 3 is 2.22 bits per heavy atom. The molecule has 0 atom stereocenters. The molecule has 3 saturated heterocycles. The van der Waals surface area contributed by atoms with E-state index in [1.165, 1.54) is 6.42 Å². The van der Waals surface area contributed by atoms with E-state index in [0.29, 0.717) is 31.8 Å². The van der Waals surface area contributed by atoms with Crippen molar-refractivity contribution in [2.75, 3.05) is 59.0 Å². The van der Waals surface area contributed by atoms with E-state index in [-0.39, 0.29) is 17.6 Å². The van der Waals surface area contributed by atoms with Gasteiger partial charge in [-0.25, -0.2) is 12.7 Å². The Balaban J connectivity index is 1.18. The molecule has 0 spiro atoms. The van der Waals surface area contributed by atoms with Crippen LogP contribution in [0.3, 0.4) is 0 Å². The number of carbonyl (C=O) groups is 1. The van der Waals surface area contributed by atoms with E-state index in [9.17, 15) is 13.2 Å². The summed E-state index contributed by atoms with van der Waals surface area (Å²) in [6.45, 7) is 7.49. The Morgan fingerprint density at radius 2 is 1.56 bits per heavy atom. The first-order valence-corrected chi connectivity index (χ1v) is 13.7. The highest BCUT2D eigenvalue weighted by Gasteiger charge is 2.34. The molecule has 178 valence electrons. The maximum atomic E-state index is 13.0. The fourth-order valence-corrected chi connectivity index (χ4v) is 6.71. The predicted octanol–water partition coefficient (Wildman–Crippen LogP) is 2.19. The van der Waals surface area contributed by atoms with Gasteiger partial charge in [-0.2, -0.15) is 0 Å². The monoisotopic (exact) mass is 463 g/mol. The zero-order chi connectivity index (χ0) is 22.4. The van der Waals surface area contributed by atoms with Crippen LogP contribution >= 0.6 is 0 Å². The molecular formula is C24H37N3O4S. The van der Waals surface area contributed by atoms with Crippen LogP contribution in [0.4, 0.5) is 0 Å². The smallest absolute Gasteiger partial charge is 0.225 e. The molecule has 0 aliphatic carbocycles. The first kappa shape index (κ1) is 23.7. The average Bonchev–Trinajstić information content (AvgIpc) is 2.84. The number of amides is 1. The molecule has 8 heteroatoms. The normalized spacial score (nSPS) is 22.8. The van der Waals surface area contributed by atoms with E-state index in [1.807, 2.05) is 35.2 Å². The van der Waals surface area contributed by atoms with E-state index >= 15 is 0 Å². The van der Waals surface area contributed by atoms with Crippen LogP contribution in [0.25, 0.3) is 0 Å². The minimum atomic E-state index is -3.34. The number of hydrogen-bond acceptors (Lipinski definition) is 5. The molecule has 7 nitrogen and oxygen atoms in total. The first-order chi connectivity index (χ1) is 15.5. The molecule has 0 N–H and O–H groups in total. The second kappa shape index (κ2) is 11.1. The third-order valence-electron chi connectivity index (χ3n) is 7.27. The van der Waals surface area contributed by atoms with Gasteiger partial charge in [-0.1, -0.05) is 30.3 Å². The quantitative estimate of drug-likeness (QED) is 0.620. The SMILES string of the molecule is O=C(C1CCN(S(=O)(=O)Cc2ccccc2)CC1)N1CCC(CCN2CCOCC2)CC1. The van der Waals surface area contributed by atoms with Crippen molar-refractivity contribution in [3.63, 3.8) is 0 Å². The van der Waals surface area contributed by atoms with Gasteiger partial charge in [0, 0.05) is 45.2 Å². The van der Waals surface area contributed by atoms with Gasteiger partial charge in [0.25, 0.3) is 0 Å². The number of ether oxygens (including phenoxy) is 1. The molecule has 4 rings (SSSR count). The number of sulfonamides is 1. The van der Waals surface area contributed by atoms with Crippen LogP contribution in [0, 0.1) is 11.8 Å². The summed E-state index contributed by atoms with van der Waals surface area (Å²) < 4.78 is 32.5. The second-order valence-electron chi connectivity index (χ2n) is 9.43. The highest BCUT2D eigenvalue weighted by Crippen LogP contribution is 2.27. The summed E-state index contributed by atoms with van der Waals surface area (Å²) in [6, 6.07) is 9.31. The molecule has 1 amide bonds. The lowest BCUT2D eigenvalue weighted by molar-refractivity contribution is -0.138. The fourth-order valence-electron chi connectivity index (χ4n) is 5.15. The molecule has 1 aromatic carbocycles. The Bertz CT molecular complexity index is 826. The lowest BCUT2D eigenvalue weighted by Crippen LogP contribution is -2.47. The summed E-state index contributed by atoms with van der Waals surface area (Å²) in [5.74, 6) is 0.927. The van der Waals surface area contributed by atoms with Gasteiger partial charge < -0.3 is 9.64 Å². The van der Waals surface area contributed by atoms with E-state index < -0.39 is 10.0 Å². The van der Waals surface area contributed by atoms with Crippen LogP contribution in [0.2, 0.25) is 0 Å². The summed E-state index contributed by atoms with van der Waals surface area (Å²) in [6.07, 6.45) is 4.63. The van der Waals surface area contributed by atoms with Crippen LogP contribution in [0.5, 0.6) is 0 Å². The number of nitrogens with zero attached hydrogens (tertiary/aromatic N) is 3. The molecule has 3 heterocycles. The number of rotatable bonds is 7. The zero-order valence-corrected chi connectivity index (χ0v) is 19.8. The fraction of sp³-hybridized carbons (Fsp3) is 0.708. The largest absolute Gasteiger partial charge is 0.379 e. The third kappa shape index (κ3) is 6.31. The molecule has 0 saturated carbocycles. The van der Waals surface area contributed by atoms with Gasteiger partial charge in [0.2, 0.25) is 15.9 Å². The number of carbonyl (C=O) groups excluding carboxylic acids is 1. The van der Waals surface area contributed by atoms with Crippen molar-refractivity contribution in [2.24, 2.45) is 11.8 Å². The van der Waals surface area contributed by atoms with Crippen molar-refractivity contribution in [3.05, 3.63) is 35.9 Å². The minimum absolute atomic E-state index is 0.0322. The maximum absolute atomic E-state index is 13.0. The average molecular weight is 464 g/mol. The Morgan fingerprint density at radius 1 is 0.906 bits per heavy atom. The summed E-state index contributed by atoms with van der Waals surface area (Å²) in [7, 11) is -3.34. The number of morpholine rings is 1. The predicted molar refractivity (Wildman–Crippen MR) is 125 cm³/mol. The van der Waals surface area contributed by atoms with Crippen LogP contribution in [0.1, 0.15) is 37.7 Å². The summed E-state index contributed by atoms with van der Waals surface area (Å²) in [4.78, 5) is 17.6. The topological polar surface area (TPSA) is 70.2 Å². The highest BCUT2D eigenvalue weighted by molar-refractivity contribution is 7.88. The first-order valence-electron chi connectivity index (χ1n) is 12.1. The second-order valence-corrected chi connectivity index (χ2v) is 11.4. The van der Waals surface area contributed by atoms with Crippen LogP contribution < -0.4 is 0 Å². The lowest BCUT2D eigenvalue weighted by atomic mass is 9.91. The van der Waals surface area contributed by atoms with Crippen molar-refractivity contribution < 1.29 is 17.9 Å². The molecule has 0 unspecified atom stereocenters. The van der Waals surface area contributed by atoms with Crippen LogP contribution in [-0.2, 0) is 25.3 Å². The molecule has 1 aromatic rings. The lowest BCUT2D eigenvalue weighted by Gasteiger charge is -2.37. The molecule has 0 radical (unpaired) electrons. The standard InChI is InChI=1S/C24H37N3O4S/c28-24(26-12-7-21(8-13-26)6-11-25-16-18-31-19-17-25)23-9-14-27(15-10-23)32(29,30)20-22-4-2-1-3-5-22/h1-5,21,23H,6-20H2. The molecule has 0 bridgehead atoms. The third-order valence-corrected chi connectivity index (χ3v) is 9.12. The van der Waals surface area contributed by atoms with E-state index in [4.69, 9.17) is 4.74 Å². The van der Waals surface area contributed by atoms with Gasteiger partial charge in [-0.05, 0) is 50.1 Å². The van der Waals surface area contributed by atoms with Crippen LogP contribution in [0.15, 0.2) is 30.3 Å². The molecule has 3 aliphatic rings. The Kier molecular flexibility index (Phi) is 8.21. The number of benzene rings is 1. The van der Waals surface area contributed by atoms with Gasteiger partial charge >= 0.3 is 0 Å². The minimum Gasteiger partial charge on any atom is -0.379 e. The van der Waals surface area contributed by atoms with Crippen molar-refractivity contribution in [1.82, 2.24) is 14.1 Å². The molecule has 3 fully saturated rings. The van der Waals surface area contributed by atoms with Crippen molar-refractivity contribution >= 4 is 15.9 Å².